The minimum absolute atomic E-state index is 0.0341. The van der Waals surface area contributed by atoms with Crippen LogP contribution in [0.1, 0.15) is 6.92 Å². The summed E-state index contributed by atoms with van der Waals surface area (Å²) < 4.78 is 18.5. The highest BCUT2D eigenvalue weighted by atomic mass is 32.2. The maximum atomic E-state index is 11.4. The van der Waals surface area contributed by atoms with Gasteiger partial charge in [0.1, 0.15) is 5.75 Å². The third-order valence-corrected chi connectivity index (χ3v) is 4.27. The summed E-state index contributed by atoms with van der Waals surface area (Å²) in [6.07, 6.45) is 1.70. The van der Waals surface area contributed by atoms with Crippen molar-refractivity contribution in [1.82, 2.24) is 9.55 Å². The molecule has 1 heterocycles. The van der Waals surface area contributed by atoms with E-state index in [0.717, 1.165) is 16.8 Å². The van der Waals surface area contributed by atoms with Crippen molar-refractivity contribution in [1.29, 1.82) is 0 Å². The van der Waals surface area contributed by atoms with Gasteiger partial charge in [-0.25, -0.2) is 4.98 Å². The van der Waals surface area contributed by atoms with E-state index in [9.17, 15) is 4.21 Å². The highest BCUT2D eigenvalue weighted by Gasteiger charge is 2.13. The SMILES string of the molecule is COc1ccc2c(c1)nc(N)n2CC(C)S(C)=O. The fourth-order valence-corrected chi connectivity index (χ4v) is 2.17. The molecule has 0 radical (unpaired) electrons. The lowest BCUT2D eigenvalue weighted by Crippen LogP contribution is -2.18. The Kier molecular flexibility index (Phi) is 3.56. The van der Waals surface area contributed by atoms with E-state index >= 15 is 0 Å². The second kappa shape index (κ2) is 4.97. The molecule has 98 valence electrons. The Morgan fingerprint density at radius 2 is 2.28 bits per heavy atom. The molecule has 2 rings (SSSR count). The van der Waals surface area contributed by atoms with Crippen molar-refractivity contribution in [2.75, 3.05) is 19.1 Å². The summed E-state index contributed by atoms with van der Waals surface area (Å²) in [5, 5.41) is 0.0341. The van der Waals surface area contributed by atoms with E-state index in [4.69, 9.17) is 10.5 Å². The lowest BCUT2D eigenvalue weighted by molar-refractivity contribution is 0.415. The van der Waals surface area contributed by atoms with E-state index in [1.807, 2.05) is 29.7 Å². The van der Waals surface area contributed by atoms with E-state index in [2.05, 4.69) is 4.98 Å². The maximum Gasteiger partial charge on any atom is 0.201 e. The van der Waals surface area contributed by atoms with E-state index < -0.39 is 10.8 Å². The predicted molar refractivity (Wildman–Crippen MR) is 74.2 cm³/mol. The van der Waals surface area contributed by atoms with Gasteiger partial charge in [-0.3, -0.25) is 4.21 Å². The predicted octanol–water partition coefficient (Wildman–Crippen LogP) is 1.39. The number of benzene rings is 1. The quantitative estimate of drug-likeness (QED) is 0.909. The first kappa shape index (κ1) is 12.9. The molecule has 0 spiro atoms. The van der Waals surface area contributed by atoms with Gasteiger partial charge < -0.3 is 15.0 Å². The van der Waals surface area contributed by atoms with E-state index in [1.165, 1.54) is 0 Å². The Morgan fingerprint density at radius 1 is 1.56 bits per heavy atom. The molecule has 0 bridgehead atoms. The lowest BCUT2D eigenvalue weighted by atomic mass is 10.3. The number of hydrogen-bond donors (Lipinski definition) is 1. The summed E-state index contributed by atoms with van der Waals surface area (Å²) in [6.45, 7) is 2.53. The van der Waals surface area contributed by atoms with Crippen LogP contribution in [-0.2, 0) is 17.3 Å². The monoisotopic (exact) mass is 267 g/mol. The van der Waals surface area contributed by atoms with Crippen LogP contribution in [0.5, 0.6) is 5.75 Å². The van der Waals surface area contributed by atoms with Crippen LogP contribution in [0.15, 0.2) is 18.2 Å². The molecule has 0 amide bonds. The first-order valence-electron chi connectivity index (χ1n) is 5.65. The van der Waals surface area contributed by atoms with Crippen molar-refractivity contribution in [2.24, 2.45) is 0 Å². The van der Waals surface area contributed by atoms with Gasteiger partial charge in [-0.05, 0) is 19.1 Å². The van der Waals surface area contributed by atoms with Gasteiger partial charge in [-0.2, -0.15) is 0 Å². The van der Waals surface area contributed by atoms with E-state index in [1.54, 1.807) is 13.4 Å². The molecule has 2 N–H and O–H groups in total. The van der Waals surface area contributed by atoms with Crippen molar-refractivity contribution >= 4 is 27.8 Å². The van der Waals surface area contributed by atoms with Crippen LogP contribution < -0.4 is 10.5 Å². The fraction of sp³-hybridized carbons (Fsp3) is 0.417. The van der Waals surface area contributed by atoms with E-state index in [0.29, 0.717) is 12.5 Å². The molecule has 0 aliphatic rings. The Labute approximate surface area is 108 Å². The highest BCUT2D eigenvalue weighted by Crippen LogP contribution is 2.23. The van der Waals surface area contributed by atoms with Gasteiger partial charge in [0.2, 0.25) is 5.95 Å². The van der Waals surface area contributed by atoms with Gasteiger partial charge in [0.05, 0.1) is 18.1 Å². The van der Waals surface area contributed by atoms with Crippen molar-refractivity contribution < 1.29 is 8.95 Å². The number of nitrogens with zero attached hydrogens (tertiary/aromatic N) is 2. The zero-order chi connectivity index (χ0) is 13.3. The van der Waals surface area contributed by atoms with Crippen LogP contribution in [0.4, 0.5) is 5.95 Å². The van der Waals surface area contributed by atoms with Gasteiger partial charge >= 0.3 is 0 Å². The van der Waals surface area contributed by atoms with Gasteiger partial charge in [-0.1, -0.05) is 0 Å². The number of nitrogens with two attached hydrogens (primary N) is 1. The molecule has 2 aromatic rings. The van der Waals surface area contributed by atoms with Crippen LogP contribution in [0.2, 0.25) is 0 Å². The number of rotatable bonds is 4. The summed E-state index contributed by atoms with van der Waals surface area (Å²) in [4.78, 5) is 4.30. The summed E-state index contributed by atoms with van der Waals surface area (Å²) >= 11 is 0. The molecule has 1 aromatic heterocycles. The highest BCUT2D eigenvalue weighted by molar-refractivity contribution is 7.84. The summed E-state index contributed by atoms with van der Waals surface area (Å²) in [7, 11) is 0.734. The molecule has 18 heavy (non-hydrogen) atoms. The molecular weight excluding hydrogens is 250 g/mol. The largest absolute Gasteiger partial charge is 0.497 e. The third-order valence-electron chi connectivity index (χ3n) is 2.99. The molecule has 5 nitrogen and oxygen atoms in total. The summed E-state index contributed by atoms with van der Waals surface area (Å²) in [5.41, 5.74) is 7.63. The standard InChI is InChI=1S/C12H17N3O2S/c1-8(18(3)16)7-15-11-5-4-9(17-2)6-10(11)14-12(15)13/h4-6,8H,7H2,1-3H3,(H2,13,14). The molecule has 0 fully saturated rings. The second-order valence-corrected chi connectivity index (χ2v) is 6.05. The second-order valence-electron chi connectivity index (χ2n) is 4.24. The first-order valence-corrected chi connectivity index (χ1v) is 7.27. The number of hydrogen-bond acceptors (Lipinski definition) is 4. The number of ether oxygens (including phenoxy) is 1. The number of imidazole rings is 1. The molecule has 6 heteroatoms. The van der Waals surface area contributed by atoms with Crippen LogP contribution >= 0.6 is 0 Å². The fourth-order valence-electron chi connectivity index (χ4n) is 1.81. The molecule has 0 saturated carbocycles. The molecule has 0 aliphatic heterocycles. The minimum atomic E-state index is -0.881. The number of nitrogen functional groups attached to an aromatic ring is 1. The summed E-state index contributed by atoms with van der Waals surface area (Å²) in [6, 6.07) is 5.63. The smallest absolute Gasteiger partial charge is 0.201 e. The minimum Gasteiger partial charge on any atom is -0.497 e. The number of anilines is 1. The average molecular weight is 267 g/mol. The molecular formula is C12H17N3O2S. The van der Waals surface area contributed by atoms with E-state index in [-0.39, 0.29) is 5.25 Å². The van der Waals surface area contributed by atoms with Gasteiger partial charge in [-0.15, -0.1) is 0 Å². The number of methoxy groups -OCH3 is 1. The molecule has 1 aromatic carbocycles. The topological polar surface area (TPSA) is 70.1 Å². The van der Waals surface area contributed by atoms with Gasteiger partial charge in [0.15, 0.2) is 0 Å². The van der Waals surface area contributed by atoms with Crippen LogP contribution in [0, 0.1) is 0 Å². The molecule has 2 atom stereocenters. The number of aromatic nitrogens is 2. The molecule has 2 unspecified atom stereocenters. The average Bonchev–Trinajstić information content (AvgIpc) is 2.64. The Bertz CT molecular complexity index is 594. The summed E-state index contributed by atoms with van der Waals surface area (Å²) in [5.74, 6) is 1.19. The van der Waals surface area contributed by atoms with Crippen molar-refractivity contribution in [3.8, 4) is 5.75 Å². The maximum absolute atomic E-state index is 11.4. The normalized spacial score (nSPS) is 14.6. The van der Waals surface area contributed by atoms with Gasteiger partial charge in [0, 0.05) is 34.9 Å². The van der Waals surface area contributed by atoms with Crippen molar-refractivity contribution in [3.05, 3.63) is 18.2 Å². The molecule has 0 aliphatic carbocycles. The molecule has 0 saturated heterocycles. The van der Waals surface area contributed by atoms with Crippen LogP contribution in [0.25, 0.3) is 11.0 Å². The first-order chi connectivity index (χ1) is 8.52. The van der Waals surface area contributed by atoms with Gasteiger partial charge in [0.25, 0.3) is 0 Å². The third kappa shape index (κ3) is 2.33. The number of fused-ring (bicyclic) bond motifs is 1. The van der Waals surface area contributed by atoms with Crippen molar-refractivity contribution in [3.63, 3.8) is 0 Å². The zero-order valence-corrected chi connectivity index (χ0v) is 11.5. The van der Waals surface area contributed by atoms with Crippen molar-refractivity contribution in [2.45, 2.75) is 18.7 Å². The Balaban J connectivity index is 2.44. The zero-order valence-electron chi connectivity index (χ0n) is 10.7. The Hall–Kier alpha value is -1.56. The van der Waals surface area contributed by atoms with Crippen LogP contribution in [0.3, 0.4) is 0 Å². The Morgan fingerprint density at radius 3 is 2.89 bits per heavy atom. The lowest BCUT2D eigenvalue weighted by Gasteiger charge is -2.11. The van der Waals surface area contributed by atoms with Crippen LogP contribution in [-0.4, -0.2) is 32.4 Å².